The number of carbonyl (C=O) groups excluding carboxylic acids is 1. The lowest BCUT2D eigenvalue weighted by atomic mass is 10.1. The Morgan fingerprint density at radius 2 is 2.15 bits per heavy atom. The van der Waals surface area contributed by atoms with Crippen LogP contribution in [0.4, 0.5) is 4.79 Å². The maximum absolute atomic E-state index is 13.1. The SMILES string of the molecule is CC(C)Oc1ncc([C@@H](C)N(C(=O)[C@H]2CN(C(=O)O)CCO2)C2CC2)[nH]1. The molecule has 9 heteroatoms. The fourth-order valence-electron chi connectivity index (χ4n) is 3.14. The quantitative estimate of drug-likeness (QED) is 0.792. The summed E-state index contributed by atoms with van der Waals surface area (Å²) in [5.41, 5.74) is 0.784. The number of nitrogens with zero attached hydrogens (tertiary/aromatic N) is 3. The number of morpholine rings is 1. The van der Waals surface area contributed by atoms with E-state index in [0.29, 0.717) is 6.01 Å². The summed E-state index contributed by atoms with van der Waals surface area (Å²) in [6.07, 6.45) is 1.77. The Morgan fingerprint density at radius 3 is 2.77 bits per heavy atom. The van der Waals surface area contributed by atoms with E-state index in [0.717, 1.165) is 18.5 Å². The highest BCUT2D eigenvalue weighted by molar-refractivity contribution is 5.83. The zero-order valence-corrected chi connectivity index (χ0v) is 15.3. The van der Waals surface area contributed by atoms with Gasteiger partial charge in [-0.3, -0.25) is 4.79 Å². The summed E-state index contributed by atoms with van der Waals surface area (Å²) in [4.78, 5) is 34.6. The molecule has 0 spiro atoms. The van der Waals surface area contributed by atoms with Crippen molar-refractivity contribution in [3.63, 3.8) is 0 Å². The van der Waals surface area contributed by atoms with E-state index in [4.69, 9.17) is 9.47 Å². The molecule has 1 aliphatic carbocycles. The second-order valence-electron chi connectivity index (χ2n) is 7.05. The predicted molar refractivity (Wildman–Crippen MR) is 92.0 cm³/mol. The molecule has 2 heterocycles. The van der Waals surface area contributed by atoms with Crippen molar-refractivity contribution < 1.29 is 24.2 Å². The van der Waals surface area contributed by atoms with Crippen LogP contribution < -0.4 is 4.74 Å². The number of aromatic amines is 1. The molecule has 1 aliphatic heterocycles. The van der Waals surface area contributed by atoms with Crippen LogP contribution >= 0.6 is 0 Å². The Balaban J connectivity index is 1.73. The van der Waals surface area contributed by atoms with Gasteiger partial charge in [-0.1, -0.05) is 0 Å². The van der Waals surface area contributed by atoms with Gasteiger partial charge in [0.2, 0.25) is 0 Å². The minimum Gasteiger partial charge on any atom is -0.465 e. The molecule has 0 aromatic carbocycles. The third kappa shape index (κ3) is 4.09. The van der Waals surface area contributed by atoms with Crippen molar-refractivity contribution in [2.24, 2.45) is 0 Å². The summed E-state index contributed by atoms with van der Waals surface area (Å²) in [5, 5.41) is 9.18. The second kappa shape index (κ2) is 7.53. The molecule has 2 aliphatic rings. The van der Waals surface area contributed by atoms with E-state index < -0.39 is 12.2 Å². The molecule has 144 valence electrons. The number of hydrogen-bond donors (Lipinski definition) is 2. The van der Waals surface area contributed by atoms with Gasteiger partial charge >= 0.3 is 6.09 Å². The smallest absolute Gasteiger partial charge is 0.407 e. The van der Waals surface area contributed by atoms with Gasteiger partial charge < -0.3 is 29.4 Å². The van der Waals surface area contributed by atoms with Crippen LogP contribution in [-0.2, 0) is 9.53 Å². The van der Waals surface area contributed by atoms with Crippen molar-refractivity contribution in [3.8, 4) is 6.01 Å². The van der Waals surface area contributed by atoms with Gasteiger partial charge in [0.1, 0.15) is 0 Å². The number of ether oxygens (including phenoxy) is 2. The van der Waals surface area contributed by atoms with E-state index in [9.17, 15) is 14.7 Å². The van der Waals surface area contributed by atoms with E-state index >= 15 is 0 Å². The van der Waals surface area contributed by atoms with Gasteiger partial charge in [-0.25, -0.2) is 9.78 Å². The second-order valence-corrected chi connectivity index (χ2v) is 7.05. The maximum Gasteiger partial charge on any atom is 0.407 e. The number of nitrogens with one attached hydrogen (secondary N) is 1. The topological polar surface area (TPSA) is 108 Å². The Morgan fingerprint density at radius 1 is 1.42 bits per heavy atom. The molecular formula is C17H26N4O5. The molecular weight excluding hydrogens is 340 g/mol. The summed E-state index contributed by atoms with van der Waals surface area (Å²) in [6.45, 7) is 6.34. The van der Waals surface area contributed by atoms with Crippen LogP contribution in [0.5, 0.6) is 6.01 Å². The van der Waals surface area contributed by atoms with Gasteiger partial charge in [0.05, 0.1) is 37.2 Å². The molecule has 0 unspecified atom stereocenters. The first-order valence-electron chi connectivity index (χ1n) is 9.00. The number of rotatable bonds is 6. The van der Waals surface area contributed by atoms with E-state index in [1.807, 2.05) is 20.8 Å². The molecule has 1 saturated carbocycles. The summed E-state index contributed by atoms with van der Waals surface area (Å²) in [6, 6.07) is 0.353. The van der Waals surface area contributed by atoms with Crippen molar-refractivity contribution in [2.45, 2.75) is 57.9 Å². The fourth-order valence-corrected chi connectivity index (χ4v) is 3.14. The molecule has 2 amide bonds. The molecule has 2 atom stereocenters. The number of carboxylic acid groups (broad SMARTS) is 1. The minimum atomic E-state index is -1.03. The minimum absolute atomic E-state index is 0.00288. The lowest BCUT2D eigenvalue weighted by Crippen LogP contribution is -2.53. The summed E-state index contributed by atoms with van der Waals surface area (Å²) >= 11 is 0. The van der Waals surface area contributed by atoms with Gasteiger partial charge in [0, 0.05) is 12.6 Å². The molecule has 9 nitrogen and oxygen atoms in total. The van der Waals surface area contributed by atoms with Crippen molar-refractivity contribution in [2.75, 3.05) is 19.7 Å². The third-order valence-corrected chi connectivity index (χ3v) is 4.59. The molecule has 3 rings (SSSR count). The Labute approximate surface area is 152 Å². The number of imidazole rings is 1. The molecule has 0 bridgehead atoms. The molecule has 2 N–H and O–H groups in total. The van der Waals surface area contributed by atoms with Gasteiger partial charge in [0.25, 0.3) is 11.9 Å². The first kappa shape index (κ1) is 18.5. The van der Waals surface area contributed by atoms with E-state index in [2.05, 4.69) is 9.97 Å². The highest BCUT2D eigenvalue weighted by Gasteiger charge is 2.41. The largest absolute Gasteiger partial charge is 0.465 e. The molecule has 26 heavy (non-hydrogen) atoms. The number of carbonyl (C=O) groups is 2. The first-order valence-corrected chi connectivity index (χ1v) is 9.00. The van der Waals surface area contributed by atoms with E-state index in [1.54, 1.807) is 11.1 Å². The molecule has 1 saturated heterocycles. The zero-order chi connectivity index (χ0) is 18.8. The number of amides is 2. The molecule has 2 fully saturated rings. The number of aromatic nitrogens is 2. The van der Waals surface area contributed by atoms with E-state index in [1.165, 1.54) is 4.90 Å². The molecule has 1 aromatic rings. The van der Waals surface area contributed by atoms with Crippen molar-refractivity contribution in [1.29, 1.82) is 0 Å². The van der Waals surface area contributed by atoms with Crippen LogP contribution in [0.25, 0.3) is 0 Å². The monoisotopic (exact) mass is 366 g/mol. The van der Waals surface area contributed by atoms with Crippen LogP contribution in [0.3, 0.4) is 0 Å². The zero-order valence-electron chi connectivity index (χ0n) is 15.3. The van der Waals surface area contributed by atoms with Gasteiger partial charge in [-0.15, -0.1) is 0 Å². The number of hydrogen-bond acceptors (Lipinski definition) is 5. The van der Waals surface area contributed by atoms with Gasteiger partial charge in [-0.05, 0) is 33.6 Å². The lowest BCUT2D eigenvalue weighted by Gasteiger charge is -2.36. The Hall–Kier alpha value is -2.29. The Kier molecular flexibility index (Phi) is 5.36. The lowest BCUT2D eigenvalue weighted by molar-refractivity contribution is -0.151. The third-order valence-electron chi connectivity index (χ3n) is 4.59. The maximum atomic E-state index is 13.1. The standard InChI is InChI=1S/C17H26N4O5/c1-10(2)26-16-18-8-13(19-16)11(3)21(12-4-5-12)15(22)14-9-20(17(23)24)6-7-25-14/h8,10-12,14H,4-7,9H2,1-3H3,(H,18,19)(H,23,24)/t11-,14-/m1/s1. The highest BCUT2D eigenvalue weighted by atomic mass is 16.5. The first-order chi connectivity index (χ1) is 12.4. The van der Waals surface area contributed by atoms with Crippen molar-refractivity contribution >= 4 is 12.0 Å². The predicted octanol–water partition coefficient (Wildman–Crippen LogP) is 1.63. The van der Waals surface area contributed by atoms with Crippen LogP contribution in [0.2, 0.25) is 0 Å². The normalized spacial score (nSPS) is 21.5. The average molecular weight is 366 g/mol. The average Bonchev–Trinajstić information content (AvgIpc) is 3.32. The highest BCUT2D eigenvalue weighted by Crippen LogP contribution is 2.35. The number of H-pyrrole nitrogens is 1. The van der Waals surface area contributed by atoms with Crippen molar-refractivity contribution in [1.82, 2.24) is 19.8 Å². The summed E-state index contributed by atoms with van der Waals surface area (Å²) in [7, 11) is 0. The van der Waals surface area contributed by atoms with Gasteiger partial charge in [0.15, 0.2) is 6.10 Å². The van der Waals surface area contributed by atoms with Crippen LogP contribution in [0, 0.1) is 0 Å². The molecule has 0 radical (unpaired) electrons. The van der Waals surface area contributed by atoms with Crippen LogP contribution in [-0.4, -0.2) is 74.8 Å². The summed E-state index contributed by atoms with van der Waals surface area (Å²) in [5.74, 6) is -0.174. The van der Waals surface area contributed by atoms with E-state index in [-0.39, 0.29) is 43.8 Å². The summed E-state index contributed by atoms with van der Waals surface area (Å²) < 4.78 is 11.1. The Bertz CT molecular complexity index is 657. The van der Waals surface area contributed by atoms with Crippen LogP contribution in [0.1, 0.15) is 45.3 Å². The van der Waals surface area contributed by atoms with Crippen molar-refractivity contribution in [3.05, 3.63) is 11.9 Å². The molecule has 1 aromatic heterocycles. The fraction of sp³-hybridized carbons (Fsp3) is 0.706. The van der Waals surface area contributed by atoms with Gasteiger partial charge in [-0.2, -0.15) is 0 Å². The van der Waals surface area contributed by atoms with Crippen LogP contribution in [0.15, 0.2) is 6.20 Å².